The second-order valence-corrected chi connectivity index (χ2v) is 5.96. The zero-order valence-electron chi connectivity index (χ0n) is 17.3. The van der Waals surface area contributed by atoms with Gasteiger partial charge < -0.3 is 14.2 Å². The molecular formula is C22H27FN2O4. The van der Waals surface area contributed by atoms with E-state index in [0.717, 1.165) is 5.56 Å². The number of hydrazone groups is 1. The van der Waals surface area contributed by atoms with Crippen LogP contribution in [0.15, 0.2) is 41.5 Å². The number of rotatable bonds is 10. The molecule has 0 heterocycles. The number of nitrogens with zero attached hydrogens (tertiary/aromatic N) is 1. The van der Waals surface area contributed by atoms with Crippen LogP contribution >= 0.6 is 0 Å². The molecule has 0 bridgehead atoms. The number of halogens is 1. The van der Waals surface area contributed by atoms with Crippen molar-refractivity contribution in [3.8, 4) is 17.2 Å². The van der Waals surface area contributed by atoms with Gasteiger partial charge in [0.25, 0.3) is 5.91 Å². The quantitative estimate of drug-likeness (QED) is 0.467. The molecule has 0 aliphatic heterocycles. The topological polar surface area (TPSA) is 69.2 Å². The molecule has 0 aliphatic rings. The van der Waals surface area contributed by atoms with E-state index in [-0.39, 0.29) is 5.82 Å². The van der Waals surface area contributed by atoms with Crippen molar-refractivity contribution in [2.45, 2.75) is 34.1 Å². The lowest BCUT2D eigenvalue weighted by atomic mass is 10.1. The fourth-order valence-electron chi connectivity index (χ4n) is 2.69. The molecule has 1 amide bonds. The monoisotopic (exact) mass is 402 g/mol. The van der Waals surface area contributed by atoms with Gasteiger partial charge >= 0.3 is 0 Å². The number of hydrogen-bond acceptors (Lipinski definition) is 5. The third-order valence-corrected chi connectivity index (χ3v) is 3.98. The first-order valence-corrected chi connectivity index (χ1v) is 9.73. The summed E-state index contributed by atoms with van der Waals surface area (Å²) in [5.41, 5.74) is 4.27. The van der Waals surface area contributed by atoms with Gasteiger partial charge in [-0.3, -0.25) is 4.79 Å². The highest BCUT2D eigenvalue weighted by molar-refractivity contribution is 6.02. The molecule has 0 fully saturated rings. The van der Waals surface area contributed by atoms with Crippen molar-refractivity contribution in [2.24, 2.45) is 5.10 Å². The van der Waals surface area contributed by atoms with Gasteiger partial charge in [0, 0.05) is 5.56 Å². The minimum absolute atomic E-state index is 0.325. The van der Waals surface area contributed by atoms with E-state index in [2.05, 4.69) is 10.5 Å². The Balaban J connectivity index is 2.31. The lowest BCUT2D eigenvalue weighted by Crippen LogP contribution is -2.20. The number of hydrogen-bond donors (Lipinski definition) is 1. The zero-order chi connectivity index (χ0) is 21.2. The summed E-state index contributed by atoms with van der Waals surface area (Å²) in [6, 6.07) is 9.17. The zero-order valence-corrected chi connectivity index (χ0v) is 17.3. The van der Waals surface area contributed by atoms with Crippen LogP contribution in [0.25, 0.3) is 0 Å². The molecule has 0 saturated heterocycles. The van der Waals surface area contributed by atoms with Crippen LogP contribution in [0.1, 0.15) is 50.0 Å². The average Bonchev–Trinajstić information content (AvgIpc) is 2.72. The normalized spacial score (nSPS) is 11.1. The fourth-order valence-corrected chi connectivity index (χ4v) is 2.69. The van der Waals surface area contributed by atoms with E-state index in [4.69, 9.17) is 14.2 Å². The highest BCUT2D eigenvalue weighted by atomic mass is 19.1. The summed E-state index contributed by atoms with van der Waals surface area (Å²) in [7, 11) is 0. The van der Waals surface area contributed by atoms with Crippen molar-refractivity contribution in [1.82, 2.24) is 5.43 Å². The molecule has 1 N–H and O–H groups in total. The van der Waals surface area contributed by atoms with Crippen LogP contribution in [-0.2, 0) is 0 Å². The lowest BCUT2D eigenvalue weighted by Gasteiger charge is -2.16. The maximum absolute atomic E-state index is 13.1. The Hall–Kier alpha value is -3.09. The summed E-state index contributed by atoms with van der Waals surface area (Å²) in [5, 5.41) is 4.21. The highest BCUT2D eigenvalue weighted by Crippen LogP contribution is 2.39. The predicted molar refractivity (Wildman–Crippen MR) is 111 cm³/mol. The van der Waals surface area contributed by atoms with E-state index in [1.165, 1.54) is 12.1 Å². The molecule has 7 heteroatoms. The van der Waals surface area contributed by atoms with E-state index in [0.29, 0.717) is 54.8 Å². The summed E-state index contributed by atoms with van der Waals surface area (Å²) in [6.07, 6.45) is 0.573. The molecule has 0 radical (unpaired) electrons. The van der Waals surface area contributed by atoms with Gasteiger partial charge in [-0.25, -0.2) is 9.82 Å². The Bertz CT molecular complexity index is 823. The van der Waals surface area contributed by atoms with Crippen LogP contribution in [0.3, 0.4) is 0 Å². The largest absolute Gasteiger partial charge is 0.490 e. The summed E-state index contributed by atoms with van der Waals surface area (Å²) in [4.78, 5) is 12.7. The minimum atomic E-state index is -0.414. The molecule has 0 aromatic heterocycles. The lowest BCUT2D eigenvalue weighted by molar-refractivity contribution is 0.0953. The van der Waals surface area contributed by atoms with E-state index in [9.17, 15) is 9.18 Å². The molecule has 29 heavy (non-hydrogen) atoms. The first kappa shape index (κ1) is 22.2. The first-order valence-electron chi connectivity index (χ1n) is 9.73. The number of benzene rings is 2. The van der Waals surface area contributed by atoms with Crippen molar-refractivity contribution < 1.29 is 23.4 Å². The van der Waals surface area contributed by atoms with Crippen molar-refractivity contribution in [3.63, 3.8) is 0 Å². The van der Waals surface area contributed by atoms with Gasteiger partial charge in [-0.2, -0.15) is 5.10 Å². The molecule has 0 atom stereocenters. The maximum Gasteiger partial charge on any atom is 0.271 e. The van der Waals surface area contributed by atoms with E-state index in [1.807, 2.05) is 27.7 Å². The van der Waals surface area contributed by atoms with Crippen molar-refractivity contribution in [2.75, 3.05) is 19.8 Å². The average molecular weight is 402 g/mol. The summed E-state index contributed by atoms with van der Waals surface area (Å²) in [5.74, 6) is 0.599. The number of amides is 1. The molecular weight excluding hydrogens is 375 g/mol. The van der Waals surface area contributed by atoms with Gasteiger partial charge in [0.1, 0.15) is 5.82 Å². The van der Waals surface area contributed by atoms with E-state index >= 15 is 0 Å². The highest BCUT2D eigenvalue weighted by Gasteiger charge is 2.18. The molecule has 0 unspecified atom stereocenters. The van der Waals surface area contributed by atoms with Crippen LogP contribution in [-0.4, -0.2) is 31.4 Å². The summed E-state index contributed by atoms with van der Waals surface area (Å²) < 4.78 is 30.1. The SMILES string of the molecule is CCOc1cc(C(=O)N/N=C(\CC)c2ccc(F)cc2)cc(OCC)c1OCC. The van der Waals surface area contributed by atoms with Gasteiger partial charge in [0.2, 0.25) is 5.75 Å². The second-order valence-electron chi connectivity index (χ2n) is 5.96. The van der Waals surface area contributed by atoms with Crippen molar-refractivity contribution in [1.29, 1.82) is 0 Å². The third-order valence-electron chi connectivity index (χ3n) is 3.98. The van der Waals surface area contributed by atoms with Crippen molar-refractivity contribution >= 4 is 11.6 Å². The van der Waals surface area contributed by atoms with Gasteiger partial charge in [-0.05, 0) is 57.0 Å². The van der Waals surface area contributed by atoms with Gasteiger partial charge in [0.05, 0.1) is 25.5 Å². The smallest absolute Gasteiger partial charge is 0.271 e. The predicted octanol–water partition coefficient (Wildman–Crippen LogP) is 4.57. The second kappa shape index (κ2) is 11.0. The molecule has 2 rings (SSSR count). The molecule has 0 saturated carbocycles. The Morgan fingerprint density at radius 2 is 1.45 bits per heavy atom. The van der Waals surface area contributed by atoms with E-state index in [1.54, 1.807) is 24.3 Å². The van der Waals surface area contributed by atoms with Crippen LogP contribution < -0.4 is 19.6 Å². The first-order chi connectivity index (χ1) is 14.0. The van der Waals surface area contributed by atoms with Crippen LogP contribution in [0.5, 0.6) is 17.2 Å². The third kappa shape index (κ3) is 5.94. The van der Waals surface area contributed by atoms with Crippen molar-refractivity contribution in [3.05, 3.63) is 53.3 Å². The Morgan fingerprint density at radius 1 is 0.897 bits per heavy atom. The summed E-state index contributed by atoms with van der Waals surface area (Å²) in [6.45, 7) is 8.74. The van der Waals surface area contributed by atoms with Crippen LogP contribution in [0.2, 0.25) is 0 Å². The van der Waals surface area contributed by atoms with Gasteiger partial charge in [-0.1, -0.05) is 19.1 Å². The fraction of sp³-hybridized carbons (Fsp3) is 0.364. The number of nitrogens with one attached hydrogen (secondary N) is 1. The van der Waals surface area contributed by atoms with E-state index < -0.39 is 5.91 Å². The van der Waals surface area contributed by atoms with Gasteiger partial charge in [0.15, 0.2) is 11.5 Å². The molecule has 2 aromatic carbocycles. The molecule has 0 aliphatic carbocycles. The standard InChI is InChI=1S/C22H27FN2O4/c1-5-18(15-9-11-17(23)12-10-15)24-25-22(26)16-13-19(27-6-2)21(29-8-4)20(14-16)28-7-3/h9-14H,5-8H2,1-4H3,(H,25,26)/b24-18+. The number of ether oxygens (including phenoxy) is 3. The molecule has 156 valence electrons. The number of carbonyl (C=O) groups excluding carboxylic acids is 1. The van der Waals surface area contributed by atoms with Crippen LogP contribution in [0.4, 0.5) is 4.39 Å². The Labute approximate surface area is 170 Å². The van der Waals surface area contributed by atoms with Gasteiger partial charge in [-0.15, -0.1) is 0 Å². The molecule has 2 aromatic rings. The van der Waals surface area contributed by atoms with Crippen LogP contribution in [0, 0.1) is 5.82 Å². The molecule has 6 nitrogen and oxygen atoms in total. The Morgan fingerprint density at radius 3 is 1.93 bits per heavy atom. The minimum Gasteiger partial charge on any atom is -0.490 e. The molecule has 0 spiro atoms. The maximum atomic E-state index is 13.1. The summed E-state index contributed by atoms with van der Waals surface area (Å²) >= 11 is 0. The Kier molecular flexibility index (Phi) is 8.45. The number of carbonyl (C=O) groups is 1.